The second-order valence-electron chi connectivity index (χ2n) is 5.18. The Morgan fingerprint density at radius 2 is 1.68 bits per heavy atom. The van der Waals surface area contributed by atoms with Crippen molar-refractivity contribution in [1.29, 1.82) is 0 Å². The zero-order chi connectivity index (χ0) is 17.3. The number of carbonyl (C=O) groups excluding carboxylic acids is 2. The van der Waals surface area contributed by atoms with Gasteiger partial charge in [0, 0.05) is 30.4 Å². The zero-order valence-electron chi connectivity index (χ0n) is 13.0. The first-order chi connectivity index (χ1) is 10.7. The van der Waals surface area contributed by atoms with E-state index in [1.165, 1.54) is 6.92 Å². The standard InChI is InChI=1S/C14H13F3N2O4.2H2S/c1-6-8(2-3-19(6)13(21)14(22)23)12(20)18-7-4-9(15)11(17)10(16)5-7;;/h4-6,8H,2-3H2,1H3,(H,18,20)(H,22,23);2*1H2/t6-,8-;;/m0../s1. The molecule has 2 atom stereocenters. The van der Waals surface area contributed by atoms with Crippen molar-refractivity contribution in [2.45, 2.75) is 19.4 Å². The predicted octanol–water partition coefficient (Wildman–Crippen LogP) is 1.59. The van der Waals surface area contributed by atoms with Gasteiger partial charge in [-0.25, -0.2) is 18.0 Å². The maximum Gasteiger partial charge on any atom is 0.394 e. The van der Waals surface area contributed by atoms with E-state index in [1.54, 1.807) is 0 Å². The maximum absolute atomic E-state index is 13.1. The molecular weight excluding hydrogens is 381 g/mol. The summed E-state index contributed by atoms with van der Waals surface area (Å²) in [6.07, 6.45) is 0.207. The lowest BCUT2D eigenvalue weighted by Crippen LogP contribution is -2.42. The summed E-state index contributed by atoms with van der Waals surface area (Å²) in [5.41, 5.74) is -0.262. The number of likely N-dealkylation sites (tertiary alicyclic amines) is 1. The molecule has 0 spiro atoms. The average molecular weight is 398 g/mol. The number of carboxylic acids is 1. The minimum Gasteiger partial charge on any atom is -0.474 e. The van der Waals surface area contributed by atoms with Crippen LogP contribution in [0, 0.1) is 23.4 Å². The van der Waals surface area contributed by atoms with Crippen LogP contribution in [0.2, 0.25) is 0 Å². The van der Waals surface area contributed by atoms with Crippen molar-refractivity contribution in [2.24, 2.45) is 5.92 Å². The quantitative estimate of drug-likeness (QED) is 0.585. The van der Waals surface area contributed by atoms with Gasteiger partial charge in [-0.2, -0.15) is 27.0 Å². The molecule has 1 fully saturated rings. The number of halogens is 3. The van der Waals surface area contributed by atoms with E-state index in [9.17, 15) is 27.6 Å². The summed E-state index contributed by atoms with van der Waals surface area (Å²) in [5, 5.41) is 10.9. The number of nitrogens with zero attached hydrogens (tertiary/aromatic N) is 1. The van der Waals surface area contributed by atoms with E-state index >= 15 is 0 Å². The zero-order valence-corrected chi connectivity index (χ0v) is 15.0. The Labute approximate surface area is 155 Å². The van der Waals surface area contributed by atoms with Crippen molar-refractivity contribution >= 4 is 50.5 Å². The van der Waals surface area contributed by atoms with Gasteiger partial charge >= 0.3 is 11.9 Å². The van der Waals surface area contributed by atoms with Crippen LogP contribution in [0.3, 0.4) is 0 Å². The molecule has 1 saturated heterocycles. The Bertz CT molecular complexity index is 667. The van der Waals surface area contributed by atoms with E-state index < -0.39 is 47.2 Å². The molecule has 2 amide bonds. The van der Waals surface area contributed by atoms with Crippen molar-refractivity contribution in [3.63, 3.8) is 0 Å². The summed E-state index contributed by atoms with van der Waals surface area (Å²) in [7, 11) is 0. The Balaban J connectivity index is 0.00000288. The van der Waals surface area contributed by atoms with Gasteiger partial charge in [0.25, 0.3) is 0 Å². The number of carbonyl (C=O) groups is 3. The third kappa shape index (κ3) is 4.82. The van der Waals surface area contributed by atoms with Gasteiger partial charge in [-0.05, 0) is 13.3 Å². The van der Waals surface area contributed by atoms with Gasteiger partial charge in [0.05, 0.1) is 5.92 Å². The lowest BCUT2D eigenvalue weighted by molar-refractivity contribution is -0.156. The molecule has 2 rings (SSSR count). The second-order valence-corrected chi connectivity index (χ2v) is 5.18. The molecule has 1 aromatic carbocycles. The third-order valence-corrected chi connectivity index (χ3v) is 3.79. The first-order valence-electron chi connectivity index (χ1n) is 6.71. The largest absolute Gasteiger partial charge is 0.474 e. The molecule has 6 nitrogen and oxygen atoms in total. The lowest BCUT2D eigenvalue weighted by atomic mass is 10.0. The fourth-order valence-corrected chi connectivity index (χ4v) is 2.56. The molecule has 2 N–H and O–H groups in total. The first kappa shape index (κ1) is 23.1. The summed E-state index contributed by atoms with van der Waals surface area (Å²) >= 11 is 0. The fraction of sp³-hybridized carbons (Fsp3) is 0.357. The molecule has 0 unspecified atom stereocenters. The highest BCUT2D eigenvalue weighted by Crippen LogP contribution is 2.26. The fourth-order valence-electron chi connectivity index (χ4n) is 2.56. The number of nitrogens with one attached hydrogen (secondary N) is 1. The van der Waals surface area contributed by atoms with Gasteiger partial charge in [0.15, 0.2) is 17.5 Å². The highest BCUT2D eigenvalue weighted by molar-refractivity contribution is 7.59. The highest BCUT2D eigenvalue weighted by Gasteiger charge is 2.40. The number of aliphatic carboxylic acids is 1. The van der Waals surface area contributed by atoms with Crippen LogP contribution >= 0.6 is 27.0 Å². The smallest absolute Gasteiger partial charge is 0.394 e. The molecule has 0 saturated carbocycles. The normalized spacial score (nSPS) is 18.8. The SMILES string of the molecule is C[C@H]1[C@@H](C(=O)Nc2cc(F)c(F)c(F)c2)CCN1C(=O)C(=O)O.S.S. The van der Waals surface area contributed by atoms with E-state index in [0.29, 0.717) is 12.1 Å². The van der Waals surface area contributed by atoms with E-state index in [2.05, 4.69) is 5.32 Å². The number of benzene rings is 1. The molecule has 1 aliphatic heterocycles. The van der Waals surface area contributed by atoms with Crippen molar-refractivity contribution in [2.75, 3.05) is 11.9 Å². The van der Waals surface area contributed by atoms with Crippen LogP contribution in [0.25, 0.3) is 0 Å². The minimum absolute atomic E-state index is 0. The van der Waals surface area contributed by atoms with Crippen molar-refractivity contribution < 1.29 is 32.7 Å². The van der Waals surface area contributed by atoms with Gasteiger partial charge in [0.2, 0.25) is 5.91 Å². The maximum atomic E-state index is 13.1. The van der Waals surface area contributed by atoms with E-state index in [0.717, 1.165) is 4.90 Å². The van der Waals surface area contributed by atoms with E-state index in [4.69, 9.17) is 5.11 Å². The lowest BCUT2D eigenvalue weighted by Gasteiger charge is -2.22. The molecule has 25 heavy (non-hydrogen) atoms. The molecule has 0 aromatic heterocycles. The Kier molecular flexibility index (Phi) is 8.32. The average Bonchev–Trinajstić information content (AvgIpc) is 2.85. The summed E-state index contributed by atoms with van der Waals surface area (Å²) in [4.78, 5) is 35.3. The Morgan fingerprint density at radius 1 is 1.16 bits per heavy atom. The van der Waals surface area contributed by atoms with Crippen LogP contribution in [0.5, 0.6) is 0 Å². The number of anilines is 1. The molecule has 0 radical (unpaired) electrons. The van der Waals surface area contributed by atoms with E-state index in [-0.39, 0.29) is 45.6 Å². The summed E-state index contributed by atoms with van der Waals surface area (Å²) < 4.78 is 39.1. The van der Waals surface area contributed by atoms with Crippen LogP contribution in [0.15, 0.2) is 12.1 Å². The molecule has 0 bridgehead atoms. The Morgan fingerprint density at radius 3 is 2.16 bits per heavy atom. The van der Waals surface area contributed by atoms with Crippen LogP contribution in [0.4, 0.5) is 18.9 Å². The third-order valence-electron chi connectivity index (χ3n) is 3.79. The summed E-state index contributed by atoms with van der Waals surface area (Å²) in [5.74, 6) is -8.65. The molecule has 140 valence electrons. The predicted molar refractivity (Wildman–Crippen MR) is 92.6 cm³/mol. The van der Waals surface area contributed by atoms with Gasteiger partial charge in [-0.1, -0.05) is 0 Å². The summed E-state index contributed by atoms with van der Waals surface area (Å²) in [6, 6.07) is 0.584. The number of amides is 2. The Hall–Kier alpha value is -1.88. The highest BCUT2D eigenvalue weighted by atomic mass is 32.1. The second kappa shape index (κ2) is 8.99. The van der Waals surface area contributed by atoms with Gasteiger partial charge in [-0.3, -0.25) is 9.59 Å². The topological polar surface area (TPSA) is 86.7 Å². The number of hydrogen-bond acceptors (Lipinski definition) is 3. The van der Waals surface area contributed by atoms with Crippen molar-refractivity contribution in [3.05, 3.63) is 29.6 Å². The molecule has 11 heteroatoms. The van der Waals surface area contributed by atoms with E-state index in [1.807, 2.05) is 0 Å². The van der Waals surface area contributed by atoms with Crippen LogP contribution in [-0.2, 0) is 14.4 Å². The van der Waals surface area contributed by atoms with Gasteiger partial charge in [-0.15, -0.1) is 0 Å². The molecule has 0 aliphatic carbocycles. The van der Waals surface area contributed by atoms with Crippen LogP contribution in [-0.4, -0.2) is 40.4 Å². The van der Waals surface area contributed by atoms with Crippen molar-refractivity contribution in [1.82, 2.24) is 4.90 Å². The molecule has 1 aromatic rings. The van der Waals surface area contributed by atoms with Crippen LogP contribution < -0.4 is 5.32 Å². The first-order valence-corrected chi connectivity index (χ1v) is 6.71. The van der Waals surface area contributed by atoms with Gasteiger partial charge < -0.3 is 15.3 Å². The monoisotopic (exact) mass is 398 g/mol. The number of carboxylic acid groups (broad SMARTS) is 1. The van der Waals surface area contributed by atoms with Crippen LogP contribution in [0.1, 0.15) is 13.3 Å². The van der Waals surface area contributed by atoms with Gasteiger partial charge in [0.1, 0.15) is 0 Å². The van der Waals surface area contributed by atoms with Crippen molar-refractivity contribution in [3.8, 4) is 0 Å². The minimum atomic E-state index is -1.64. The molecule has 1 heterocycles. The molecule has 1 aliphatic rings. The molecular formula is C14H17F3N2O4S2. The number of rotatable bonds is 2. The number of hydrogen-bond donors (Lipinski definition) is 2. The summed E-state index contributed by atoms with van der Waals surface area (Å²) in [6.45, 7) is 1.58.